The molecular weight excluding hydrogens is 304 g/mol. The smallest absolute Gasteiger partial charge is 0.143 e. The first kappa shape index (κ1) is 19.0. The molecule has 2 aliphatic rings. The van der Waals surface area contributed by atoms with Gasteiger partial charge in [-0.25, -0.2) is 0 Å². The lowest BCUT2D eigenvalue weighted by Crippen LogP contribution is -2.27. The van der Waals surface area contributed by atoms with Crippen LogP contribution in [-0.2, 0) is 19.2 Å². The van der Waals surface area contributed by atoms with Crippen LogP contribution in [0.4, 0.5) is 0 Å². The summed E-state index contributed by atoms with van der Waals surface area (Å²) in [6, 6.07) is 0. The van der Waals surface area contributed by atoms with Gasteiger partial charge in [0.05, 0.1) is 11.8 Å². The van der Waals surface area contributed by atoms with Crippen molar-refractivity contribution in [2.75, 3.05) is 0 Å². The summed E-state index contributed by atoms with van der Waals surface area (Å²) in [5.74, 6) is -0.176. The predicted octanol–water partition coefficient (Wildman–Crippen LogP) is 3.98. The van der Waals surface area contributed by atoms with Crippen LogP contribution >= 0.6 is 0 Å². The highest BCUT2D eigenvalue weighted by Crippen LogP contribution is 2.24. The fourth-order valence-electron chi connectivity index (χ4n) is 3.95. The van der Waals surface area contributed by atoms with E-state index < -0.39 is 0 Å². The van der Waals surface area contributed by atoms with Gasteiger partial charge in [-0.3, -0.25) is 19.2 Å². The maximum Gasteiger partial charge on any atom is 0.143 e. The maximum absolute atomic E-state index is 12.1. The van der Waals surface area contributed by atoms with Crippen molar-refractivity contribution in [3.63, 3.8) is 0 Å². The minimum Gasteiger partial charge on any atom is -0.299 e. The van der Waals surface area contributed by atoms with Gasteiger partial charge < -0.3 is 0 Å². The fourth-order valence-corrected chi connectivity index (χ4v) is 3.95. The number of rotatable bonds is 9. The van der Waals surface area contributed by atoms with Crippen LogP contribution in [0.1, 0.15) is 89.9 Å². The van der Waals surface area contributed by atoms with Crippen molar-refractivity contribution < 1.29 is 19.2 Å². The number of hydrogen-bond donors (Lipinski definition) is 0. The highest BCUT2D eigenvalue weighted by molar-refractivity contribution is 6.03. The van der Waals surface area contributed by atoms with Gasteiger partial charge in [0.25, 0.3) is 0 Å². The number of carbonyl (C=O) groups is 4. The van der Waals surface area contributed by atoms with Gasteiger partial charge in [0.15, 0.2) is 0 Å². The molecule has 0 N–H and O–H groups in total. The SMILES string of the molecule is O=C(CCCCCCC(=O)C1CCCCC1=O)C1CCCCC1=O. The first-order valence-corrected chi connectivity index (χ1v) is 9.70. The molecule has 0 aliphatic heterocycles. The Morgan fingerprint density at radius 3 is 1.46 bits per heavy atom. The van der Waals surface area contributed by atoms with Gasteiger partial charge in [0.1, 0.15) is 23.1 Å². The van der Waals surface area contributed by atoms with E-state index in [4.69, 9.17) is 0 Å². The van der Waals surface area contributed by atoms with Crippen molar-refractivity contribution in [2.24, 2.45) is 11.8 Å². The minimum atomic E-state index is -0.336. The maximum atomic E-state index is 12.1. The molecule has 0 radical (unpaired) electrons. The summed E-state index contributed by atoms with van der Waals surface area (Å²) in [5.41, 5.74) is 0. The zero-order chi connectivity index (χ0) is 17.4. The molecule has 0 spiro atoms. The van der Waals surface area contributed by atoms with Crippen LogP contribution in [0.3, 0.4) is 0 Å². The Hall–Kier alpha value is -1.32. The second-order valence-electron chi connectivity index (χ2n) is 7.38. The Morgan fingerprint density at radius 2 is 1.08 bits per heavy atom. The van der Waals surface area contributed by atoms with Gasteiger partial charge in [0.2, 0.25) is 0 Å². The number of unbranched alkanes of at least 4 members (excludes halogenated alkanes) is 3. The molecule has 0 aromatic rings. The summed E-state index contributed by atoms with van der Waals surface area (Å²) in [4.78, 5) is 47.6. The standard InChI is InChI=1S/C20H30O4/c21-17(15-9-5-7-13-19(15)23)11-3-1-2-4-12-18(22)16-10-6-8-14-20(16)24/h15-16H,1-14H2. The van der Waals surface area contributed by atoms with E-state index in [0.29, 0.717) is 25.7 Å². The second-order valence-corrected chi connectivity index (χ2v) is 7.38. The van der Waals surface area contributed by atoms with E-state index in [-0.39, 0.29) is 35.0 Å². The lowest BCUT2D eigenvalue weighted by molar-refractivity contribution is -0.136. The number of Topliss-reactive ketones (excluding diaryl/α,β-unsaturated/α-hetero) is 4. The topological polar surface area (TPSA) is 68.3 Å². The molecule has 2 rings (SSSR count). The van der Waals surface area contributed by atoms with Crippen LogP contribution in [0.5, 0.6) is 0 Å². The van der Waals surface area contributed by atoms with E-state index in [1.807, 2.05) is 0 Å². The van der Waals surface area contributed by atoms with Gasteiger partial charge in [-0.1, -0.05) is 25.7 Å². The first-order valence-electron chi connectivity index (χ1n) is 9.70. The van der Waals surface area contributed by atoms with Crippen molar-refractivity contribution in [1.29, 1.82) is 0 Å². The molecular formula is C20H30O4. The van der Waals surface area contributed by atoms with Crippen LogP contribution in [0, 0.1) is 11.8 Å². The van der Waals surface area contributed by atoms with E-state index >= 15 is 0 Å². The van der Waals surface area contributed by atoms with Crippen LogP contribution in [0.2, 0.25) is 0 Å². The molecule has 2 saturated carbocycles. The molecule has 0 saturated heterocycles. The molecule has 134 valence electrons. The van der Waals surface area contributed by atoms with Crippen molar-refractivity contribution >= 4 is 23.1 Å². The normalized spacial score (nSPS) is 24.8. The van der Waals surface area contributed by atoms with Crippen molar-refractivity contribution in [3.8, 4) is 0 Å². The molecule has 2 atom stereocenters. The predicted molar refractivity (Wildman–Crippen MR) is 91.6 cm³/mol. The number of ketones is 4. The first-order chi connectivity index (χ1) is 11.6. The Morgan fingerprint density at radius 1 is 0.667 bits per heavy atom. The van der Waals surface area contributed by atoms with Gasteiger partial charge in [-0.15, -0.1) is 0 Å². The van der Waals surface area contributed by atoms with Gasteiger partial charge in [-0.2, -0.15) is 0 Å². The van der Waals surface area contributed by atoms with E-state index in [1.165, 1.54) is 0 Å². The third-order valence-corrected chi connectivity index (χ3v) is 5.48. The summed E-state index contributed by atoms with van der Waals surface area (Å²) >= 11 is 0. The third kappa shape index (κ3) is 5.64. The van der Waals surface area contributed by atoms with Gasteiger partial charge in [0, 0.05) is 25.7 Å². The highest BCUT2D eigenvalue weighted by Gasteiger charge is 2.29. The van der Waals surface area contributed by atoms with Crippen molar-refractivity contribution in [2.45, 2.75) is 89.9 Å². The van der Waals surface area contributed by atoms with Crippen LogP contribution < -0.4 is 0 Å². The Bertz CT molecular complexity index is 436. The zero-order valence-electron chi connectivity index (χ0n) is 14.7. The van der Waals surface area contributed by atoms with Crippen molar-refractivity contribution in [1.82, 2.24) is 0 Å². The molecule has 4 heteroatoms. The molecule has 0 heterocycles. The van der Waals surface area contributed by atoms with E-state index in [2.05, 4.69) is 0 Å². The molecule has 0 bridgehead atoms. The minimum absolute atomic E-state index is 0.114. The third-order valence-electron chi connectivity index (χ3n) is 5.48. The fraction of sp³-hybridized carbons (Fsp3) is 0.800. The van der Waals surface area contributed by atoms with E-state index in [1.54, 1.807) is 0 Å². The monoisotopic (exact) mass is 334 g/mol. The average Bonchev–Trinajstić information content (AvgIpc) is 2.58. The molecule has 4 nitrogen and oxygen atoms in total. The molecule has 2 aliphatic carbocycles. The number of carbonyl (C=O) groups excluding carboxylic acids is 4. The largest absolute Gasteiger partial charge is 0.299 e. The Labute approximate surface area is 144 Å². The lowest BCUT2D eigenvalue weighted by atomic mass is 9.83. The molecule has 0 amide bonds. The molecule has 2 fully saturated rings. The lowest BCUT2D eigenvalue weighted by Gasteiger charge is -2.19. The molecule has 24 heavy (non-hydrogen) atoms. The highest BCUT2D eigenvalue weighted by atomic mass is 16.2. The summed E-state index contributed by atoms with van der Waals surface area (Å²) < 4.78 is 0. The second kappa shape index (κ2) is 9.85. The summed E-state index contributed by atoms with van der Waals surface area (Å²) in [7, 11) is 0. The van der Waals surface area contributed by atoms with Crippen LogP contribution in [0.15, 0.2) is 0 Å². The zero-order valence-corrected chi connectivity index (χ0v) is 14.7. The van der Waals surface area contributed by atoms with E-state index in [0.717, 1.165) is 64.2 Å². The quantitative estimate of drug-likeness (QED) is 0.472. The average molecular weight is 334 g/mol. The molecule has 0 aromatic carbocycles. The van der Waals surface area contributed by atoms with Crippen LogP contribution in [-0.4, -0.2) is 23.1 Å². The Kier molecular flexibility index (Phi) is 7.80. The van der Waals surface area contributed by atoms with Gasteiger partial charge >= 0.3 is 0 Å². The molecule has 0 aromatic heterocycles. The molecule has 2 unspecified atom stereocenters. The van der Waals surface area contributed by atoms with E-state index in [9.17, 15) is 19.2 Å². The summed E-state index contributed by atoms with van der Waals surface area (Å²) in [5, 5.41) is 0. The summed E-state index contributed by atoms with van der Waals surface area (Å²) in [6.45, 7) is 0. The van der Waals surface area contributed by atoms with Crippen molar-refractivity contribution in [3.05, 3.63) is 0 Å². The Balaban J connectivity index is 1.55. The van der Waals surface area contributed by atoms with Gasteiger partial charge in [-0.05, 0) is 38.5 Å². The van der Waals surface area contributed by atoms with Crippen LogP contribution in [0.25, 0.3) is 0 Å². The summed E-state index contributed by atoms with van der Waals surface area (Å²) in [6.07, 6.45) is 10.9. The number of hydrogen-bond acceptors (Lipinski definition) is 4.